The molecule has 0 saturated carbocycles. The molecule has 0 N–H and O–H groups in total. The smallest absolute Gasteiger partial charge is 0.170 e. The van der Waals surface area contributed by atoms with Crippen LogP contribution in [-0.2, 0) is 6.42 Å². The summed E-state index contributed by atoms with van der Waals surface area (Å²) in [5, 5.41) is 0. The third-order valence-electron chi connectivity index (χ3n) is 3.56. The lowest BCUT2D eigenvalue weighted by Gasteiger charge is -2.14. The first-order chi connectivity index (χ1) is 10.1. The van der Waals surface area contributed by atoms with E-state index in [1.54, 1.807) is 24.3 Å². The van der Waals surface area contributed by atoms with Crippen LogP contribution < -0.4 is 0 Å². The van der Waals surface area contributed by atoms with Gasteiger partial charge in [-0.2, -0.15) is 0 Å². The van der Waals surface area contributed by atoms with E-state index in [2.05, 4.69) is 4.99 Å². The fraction of sp³-hybridized carbons (Fsp3) is 0.176. The number of carbonyl (C=O) groups is 1. The highest BCUT2D eigenvalue weighted by atomic mass is 19.2. The highest BCUT2D eigenvalue weighted by molar-refractivity contribution is 6.15. The lowest BCUT2D eigenvalue weighted by molar-refractivity contribution is 0.0999. The zero-order valence-corrected chi connectivity index (χ0v) is 11.3. The Hall–Kier alpha value is -2.36. The summed E-state index contributed by atoms with van der Waals surface area (Å²) in [5.74, 6) is -1.64. The van der Waals surface area contributed by atoms with Crippen LogP contribution in [-0.4, -0.2) is 11.5 Å². The lowest BCUT2D eigenvalue weighted by atomic mass is 9.96. The van der Waals surface area contributed by atoms with E-state index in [1.807, 2.05) is 6.07 Å². The van der Waals surface area contributed by atoms with Gasteiger partial charge in [0.2, 0.25) is 0 Å². The maximum absolute atomic E-state index is 13.6. The normalized spacial score (nSPS) is 13.8. The molecule has 106 valence electrons. The predicted octanol–water partition coefficient (Wildman–Crippen LogP) is 4.26. The van der Waals surface area contributed by atoms with E-state index in [1.165, 1.54) is 6.07 Å². The van der Waals surface area contributed by atoms with Gasteiger partial charge in [0, 0.05) is 17.7 Å². The largest absolute Gasteiger partial charge is 0.294 e. The van der Waals surface area contributed by atoms with Crippen molar-refractivity contribution in [3.63, 3.8) is 0 Å². The van der Waals surface area contributed by atoms with E-state index in [9.17, 15) is 13.6 Å². The number of hydrogen-bond donors (Lipinski definition) is 0. The molecular formula is C17H13F2NO. The molecule has 1 heterocycles. The van der Waals surface area contributed by atoms with E-state index in [0.717, 1.165) is 6.07 Å². The molecule has 0 unspecified atom stereocenters. The van der Waals surface area contributed by atoms with Crippen LogP contribution >= 0.6 is 0 Å². The van der Waals surface area contributed by atoms with E-state index in [0.29, 0.717) is 35.4 Å². The SMILES string of the molecule is O=C1CC(CCc2cccc(F)c2F)=Nc2ccccc21. The third kappa shape index (κ3) is 2.75. The summed E-state index contributed by atoms with van der Waals surface area (Å²) in [5.41, 5.74) is 2.30. The van der Waals surface area contributed by atoms with Gasteiger partial charge in [0.1, 0.15) is 0 Å². The third-order valence-corrected chi connectivity index (χ3v) is 3.56. The van der Waals surface area contributed by atoms with Gasteiger partial charge in [-0.1, -0.05) is 24.3 Å². The molecule has 0 fully saturated rings. The zero-order valence-electron chi connectivity index (χ0n) is 11.3. The van der Waals surface area contributed by atoms with Crippen molar-refractivity contribution in [2.45, 2.75) is 19.3 Å². The summed E-state index contributed by atoms with van der Waals surface area (Å²) in [7, 11) is 0. The Kier molecular flexibility index (Phi) is 3.60. The Morgan fingerprint density at radius 3 is 2.67 bits per heavy atom. The Morgan fingerprint density at radius 2 is 1.81 bits per heavy atom. The van der Waals surface area contributed by atoms with Gasteiger partial charge >= 0.3 is 0 Å². The number of fused-ring (bicyclic) bond motifs is 1. The first kappa shape index (κ1) is 13.6. The molecule has 0 aromatic heterocycles. The molecular weight excluding hydrogens is 272 g/mol. The van der Waals surface area contributed by atoms with Crippen LogP contribution in [0.5, 0.6) is 0 Å². The van der Waals surface area contributed by atoms with Crippen LogP contribution in [0.3, 0.4) is 0 Å². The number of aliphatic imine (C=N–C) groups is 1. The number of aryl methyl sites for hydroxylation is 1. The second kappa shape index (κ2) is 5.56. The van der Waals surface area contributed by atoms with Crippen molar-refractivity contribution >= 4 is 17.2 Å². The van der Waals surface area contributed by atoms with Crippen molar-refractivity contribution in [3.8, 4) is 0 Å². The summed E-state index contributed by atoms with van der Waals surface area (Å²) in [4.78, 5) is 16.5. The molecule has 0 aliphatic carbocycles. The Labute approximate surface area is 121 Å². The quantitative estimate of drug-likeness (QED) is 0.828. The average molecular weight is 285 g/mol. The Balaban J connectivity index is 1.79. The second-order valence-electron chi connectivity index (χ2n) is 5.01. The van der Waals surface area contributed by atoms with E-state index in [4.69, 9.17) is 0 Å². The van der Waals surface area contributed by atoms with Gasteiger partial charge in [-0.25, -0.2) is 8.78 Å². The first-order valence-electron chi connectivity index (χ1n) is 6.76. The fourth-order valence-corrected chi connectivity index (χ4v) is 2.46. The summed E-state index contributed by atoms with van der Waals surface area (Å²) < 4.78 is 26.7. The van der Waals surface area contributed by atoms with Crippen LogP contribution in [0.25, 0.3) is 0 Å². The number of ketones is 1. The van der Waals surface area contributed by atoms with Crippen molar-refractivity contribution < 1.29 is 13.6 Å². The van der Waals surface area contributed by atoms with Crippen LogP contribution in [0.15, 0.2) is 47.5 Å². The number of carbonyl (C=O) groups excluding carboxylic acids is 1. The zero-order chi connectivity index (χ0) is 14.8. The standard InChI is InChI=1S/C17H13F2NO/c18-14-6-3-4-11(17(14)19)8-9-12-10-16(21)13-5-1-2-7-15(13)20-12/h1-7H,8-10H2. The van der Waals surface area contributed by atoms with Gasteiger partial charge in [-0.3, -0.25) is 9.79 Å². The van der Waals surface area contributed by atoms with E-state index >= 15 is 0 Å². The lowest BCUT2D eigenvalue weighted by Crippen LogP contribution is -2.14. The molecule has 0 atom stereocenters. The molecule has 0 spiro atoms. The molecule has 0 amide bonds. The summed E-state index contributed by atoms with van der Waals surface area (Å²) in [6, 6.07) is 11.3. The van der Waals surface area contributed by atoms with Crippen LogP contribution in [0.2, 0.25) is 0 Å². The highest BCUT2D eigenvalue weighted by Crippen LogP contribution is 2.26. The second-order valence-corrected chi connectivity index (χ2v) is 5.01. The average Bonchev–Trinajstić information content (AvgIpc) is 2.49. The van der Waals surface area contributed by atoms with Gasteiger partial charge in [0.25, 0.3) is 0 Å². The van der Waals surface area contributed by atoms with Gasteiger partial charge in [0.15, 0.2) is 17.4 Å². The van der Waals surface area contributed by atoms with Gasteiger partial charge in [-0.15, -0.1) is 0 Å². The van der Waals surface area contributed by atoms with Crippen molar-refractivity contribution in [1.82, 2.24) is 0 Å². The Morgan fingerprint density at radius 1 is 1.00 bits per heavy atom. The molecule has 21 heavy (non-hydrogen) atoms. The van der Waals surface area contributed by atoms with Crippen molar-refractivity contribution in [2.75, 3.05) is 0 Å². The van der Waals surface area contributed by atoms with Crippen LogP contribution in [0.4, 0.5) is 14.5 Å². The molecule has 2 aromatic rings. The first-order valence-corrected chi connectivity index (χ1v) is 6.76. The maximum Gasteiger partial charge on any atom is 0.170 e. The predicted molar refractivity (Wildman–Crippen MR) is 77.2 cm³/mol. The molecule has 1 aliphatic heterocycles. The molecule has 3 rings (SSSR count). The number of benzene rings is 2. The molecule has 4 heteroatoms. The minimum absolute atomic E-state index is 0.0234. The van der Waals surface area contributed by atoms with Crippen molar-refractivity contribution in [2.24, 2.45) is 4.99 Å². The van der Waals surface area contributed by atoms with Gasteiger partial charge < -0.3 is 0 Å². The number of hydrogen-bond acceptors (Lipinski definition) is 2. The van der Waals surface area contributed by atoms with Crippen molar-refractivity contribution in [1.29, 1.82) is 0 Å². The monoisotopic (exact) mass is 285 g/mol. The summed E-state index contributed by atoms with van der Waals surface area (Å²) in [6.07, 6.45) is 1.02. The maximum atomic E-state index is 13.6. The number of Topliss-reactive ketones (excluding diaryl/α,β-unsaturated/α-hetero) is 1. The fourth-order valence-electron chi connectivity index (χ4n) is 2.46. The van der Waals surface area contributed by atoms with Crippen molar-refractivity contribution in [3.05, 3.63) is 65.2 Å². The molecule has 2 nitrogen and oxygen atoms in total. The van der Waals surface area contributed by atoms with Crippen LogP contribution in [0, 0.1) is 11.6 Å². The minimum atomic E-state index is -0.848. The molecule has 0 bridgehead atoms. The molecule has 2 aromatic carbocycles. The van der Waals surface area contributed by atoms with Gasteiger partial charge in [-0.05, 0) is 36.6 Å². The molecule has 0 saturated heterocycles. The van der Waals surface area contributed by atoms with E-state index < -0.39 is 11.6 Å². The topological polar surface area (TPSA) is 29.4 Å². The molecule has 1 aliphatic rings. The molecule has 0 radical (unpaired) electrons. The number of para-hydroxylation sites is 1. The van der Waals surface area contributed by atoms with Gasteiger partial charge in [0.05, 0.1) is 5.69 Å². The number of halogens is 2. The number of nitrogens with zero attached hydrogens (tertiary/aromatic N) is 1. The highest BCUT2D eigenvalue weighted by Gasteiger charge is 2.19. The summed E-state index contributed by atoms with van der Waals surface area (Å²) in [6.45, 7) is 0. The Bertz CT molecular complexity index is 737. The number of rotatable bonds is 3. The minimum Gasteiger partial charge on any atom is -0.294 e. The van der Waals surface area contributed by atoms with E-state index in [-0.39, 0.29) is 12.2 Å². The summed E-state index contributed by atoms with van der Waals surface area (Å²) >= 11 is 0. The van der Waals surface area contributed by atoms with Crippen LogP contribution in [0.1, 0.15) is 28.8 Å².